The van der Waals surface area contributed by atoms with Crippen molar-refractivity contribution in [2.75, 3.05) is 95.1 Å². The van der Waals surface area contributed by atoms with Crippen molar-refractivity contribution in [3.8, 4) is 24.0 Å². The van der Waals surface area contributed by atoms with E-state index in [-0.39, 0.29) is 41.7 Å². The average Bonchev–Trinajstić information content (AvgIpc) is 2.89. The van der Waals surface area contributed by atoms with Crippen LogP contribution in [-0.4, -0.2) is 130 Å². The molecule has 0 unspecified atom stereocenters. The molecule has 0 aliphatic carbocycles. The molecule has 2 fully saturated rings. The molecular weight excluding hydrogens is 519 g/mol. The van der Waals surface area contributed by atoms with E-state index in [9.17, 15) is 0 Å². The minimum atomic E-state index is 0. The predicted octanol–water partition coefficient (Wildman–Crippen LogP) is -2.65. The topological polar surface area (TPSA) is 136 Å². The predicted molar refractivity (Wildman–Crippen MR) is 127 cm³/mol. The Morgan fingerprint density at radius 1 is 0.694 bits per heavy atom. The summed E-state index contributed by atoms with van der Waals surface area (Å²) in [5, 5.41) is 0.0497. The first-order valence-corrected chi connectivity index (χ1v) is 11.2. The Bertz CT molecular complexity index is 860. The third kappa shape index (κ3) is 10.3. The molecule has 204 valence electrons. The molecule has 0 bridgehead atoms. The van der Waals surface area contributed by atoms with Crippen LogP contribution in [0.5, 0.6) is 24.0 Å². The fourth-order valence-electron chi connectivity index (χ4n) is 2.85. The van der Waals surface area contributed by atoms with E-state index in [1.807, 2.05) is 0 Å². The van der Waals surface area contributed by atoms with Crippen LogP contribution < -0.4 is 35.8 Å². The Morgan fingerprint density at radius 3 is 1.44 bits per heavy atom. The monoisotopic (exact) mass is 552 g/mol. The molecule has 0 spiro atoms. The third-order valence-electron chi connectivity index (χ3n) is 5.06. The van der Waals surface area contributed by atoms with Crippen LogP contribution in [-0.2, 0) is 9.47 Å². The van der Waals surface area contributed by atoms with Gasteiger partial charge in [0.1, 0.15) is 13.1 Å². The zero-order valence-corrected chi connectivity index (χ0v) is 23.0. The van der Waals surface area contributed by atoms with Crippen LogP contribution in [0.25, 0.3) is 0 Å². The fourth-order valence-corrected chi connectivity index (χ4v) is 2.99. The molecule has 16 heteroatoms. The maximum Gasteiger partial charge on any atom is 0.338 e. The van der Waals surface area contributed by atoms with Crippen molar-refractivity contribution in [1.82, 2.24) is 39.3 Å². The van der Waals surface area contributed by atoms with Crippen LogP contribution in [0.2, 0.25) is 5.28 Å². The minimum absolute atomic E-state index is 0. The highest BCUT2D eigenvalue weighted by Crippen LogP contribution is 2.22. The summed E-state index contributed by atoms with van der Waals surface area (Å²) in [5.41, 5.74) is 0. The van der Waals surface area contributed by atoms with Crippen LogP contribution >= 0.6 is 11.6 Å². The van der Waals surface area contributed by atoms with E-state index in [2.05, 4.69) is 48.9 Å². The molecule has 0 aromatic carbocycles. The Hall–Kier alpha value is -2.36. The van der Waals surface area contributed by atoms with Crippen LogP contribution in [0.3, 0.4) is 0 Å². The van der Waals surface area contributed by atoms with Crippen molar-refractivity contribution < 1.29 is 40.8 Å². The minimum Gasteiger partial charge on any atom is -1.00 e. The number of morpholine rings is 2. The highest BCUT2D eigenvalue weighted by molar-refractivity contribution is 6.28. The Morgan fingerprint density at radius 2 is 1.08 bits per heavy atom. The number of aromatic nitrogens is 6. The summed E-state index contributed by atoms with van der Waals surface area (Å²) in [6.07, 6.45) is 0. The molecular formula is C20H34Cl2N8O6. The maximum absolute atomic E-state index is 5.49. The van der Waals surface area contributed by atoms with E-state index in [0.29, 0.717) is 23.6 Å². The lowest BCUT2D eigenvalue weighted by Gasteiger charge is -2.34. The fraction of sp³-hybridized carbons (Fsp3) is 0.700. The molecule has 2 saturated heterocycles. The number of ether oxygens (including phenoxy) is 6. The van der Waals surface area contributed by atoms with Crippen molar-refractivity contribution in [3.05, 3.63) is 5.28 Å². The first-order chi connectivity index (χ1) is 16.8. The Labute approximate surface area is 222 Å². The van der Waals surface area contributed by atoms with Crippen LogP contribution in [0, 0.1) is 0 Å². The van der Waals surface area contributed by atoms with Crippen molar-refractivity contribution in [1.29, 1.82) is 0 Å². The first-order valence-electron chi connectivity index (χ1n) is 10.9. The molecule has 0 atom stereocenters. The summed E-state index contributed by atoms with van der Waals surface area (Å²) >= 11 is 5.49. The standard InChI is InChI=1S/C10H17N4O3.C5H6ClN3O2.C5H11NO.ClH/c1-14(4-6-17-7-5-14)8-11-9(15-2)13-10(12-8)16-3;1-10-4-7-3(6)8-5(9-4)11-2;1-6-2-4-7-5-3-6;/h4-7H2,1-3H3;1-2H3;2-5H2,1H3;1H/q+1;;;/p-1. The van der Waals surface area contributed by atoms with E-state index < -0.39 is 0 Å². The zero-order valence-electron chi connectivity index (χ0n) is 21.4. The number of hydrogen-bond acceptors (Lipinski definition) is 13. The lowest BCUT2D eigenvalue weighted by Crippen LogP contribution is -3.00. The first kappa shape index (κ1) is 31.7. The van der Waals surface area contributed by atoms with Crippen molar-refractivity contribution in [2.45, 2.75) is 0 Å². The van der Waals surface area contributed by atoms with E-state index >= 15 is 0 Å². The zero-order chi connectivity index (χ0) is 25.7. The molecule has 4 heterocycles. The number of methoxy groups -OCH3 is 4. The van der Waals surface area contributed by atoms with Gasteiger partial charge in [0, 0.05) is 13.1 Å². The van der Waals surface area contributed by atoms with Gasteiger partial charge in [-0.1, -0.05) is 0 Å². The summed E-state index contributed by atoms with van der Waals surface area (Å²) in [6, 6.07) is 0.832. The summed E-state index contributed by atoms with van der Waals surface area (Å²) in [7, 11) is 10.1. The van der Waals surface area contributed by atoms with Gasteiger partial charge in [-0.15, -0.1) is 19.9 Å². The summed E-state index contributed by atoms with van der Waals surface area (Å²) in [5.74, 6) is 0.650. The number of halogens is 2. The van der Waals surface area contributed by atoms with Crippen LogP contribution in [0.1, 0.15) is 0 Å². The molecule has 0 radical (unpaired) electrons. The SMILES string of the molecule is CN1CCOCC1.COc1nc(Cl)nc(OC)n1.COc1nc(OC)nc([N+]2(C)CCOCC2)n1.[Cl-]. The molecule has 2 aliphatic heterocycles. The van der Waals surface area contributed by atoms with Gasteiger partial charge < -0.3 is 45.7 Å². The number of quaternary nitrogens is 1. The van der Waals surface area contributed by atoms with Gasteiger partial charge >= 0.3 is 30.0 Å². The lowest BCUT2D eigenvalue weighted by atomic mass is 10.4. The molecule has 14 nitrogen and oxygen atoms in total. The van der Waals surface area contributed by atoms with Gasteiger partial charge in [0.25, 0.3) is 0 Å². The second-order valence-corrected chi connectivity index (χ2v) is 7.90. The molecule has 0 N–H and O–H groups in total. The molecule has 4 rings (SSSR count). The van der Waals surface area contributed by atoms with E-state index in [4.69, 9.17) is 40.0 Å². The molecule has 36 heavy (non-hydrogen) atoms. The summed E-state index contributed by atoms with van der Waals surface area (Å²) in [4.78, 5) is 25.8. The highest BCUT2D eigenvalue weighted by atomic mass is 35.5. The van der Waals surface area contributed by atoms with Gasteiger partial charge in [0.05, 0.1) is 61.9 Å². The number of likely N-dealkylation sites (N-methyl/N-ethyl adjacent to an activating group) is 2. The second kappa shape index (κ2) is 16.4. The smallest absolute Gasteiger partial charge is 0.338 e. The average molecular weight is 553 g/mol. The van der Waals surface area contributed by atoms with E-state index in [0.717, 1.165) is 39.4 Å². The molecule has 2 aliphatic rings. The van der Waals surface area contributed by atoms with E-state index in [1.165, 1.54) is 28.4 Å². The van der Waals surface area contributed by atoms with Gasteiger partial charge in [-0.25, -0.2) is 0 Å². The highest BCUT2D eigenvalue weighted by Gasteiger charge is 2.32. The van der Waals surface area contributed by atoms with Gasteiger partial charge in [-0.3, -0.25) is 4.48 Å². The van der Waals surface area contributed by atoms with Crippen LogP contribution in [0.4, 0.5) is 5.95 Å². The third-order valence-corrected chi connectivity index (χ3v) is 5.22. The second-order valence-electron chi connectivity index (χ2n) is 7.56. The van der Waals surface area contributed by atoms with E-state index in [1.54, 1.807) is 0 Å². The largest absolute Gasteiger partial charge is 1.00 e. The Kier molecular flexibility index (Phi) is 14.4. The van der Waals surface area contributed by atoms with Gasteiger partial charge in [-0.2, -0.15) is 9.97 Å². The van der Waals surface area contributed by atoms with Gasteiger partial charge in [0.15, 0.2) is 0 Å². The summed E-state index contributed by atoms with van der Waals surface area (Å²) in [6.45, 7) is 7.08. The van der Waals surface area contributed by atoms with Crippen LogP contribution in [0.15, 0.2) is 0 Å². The molecule has 2 aromatic heterocycles. The molecule has 0 saturated carbocycles. The molecule has 2 aromatic rings. The van der Waals surface area contributed by atoms with Crippen molar-refractivity contribution in [2.24, 2.45) is 0 Å². The normalized spacial score (nSPS) is 16.6. The number of hydrogen-bond donors (Lipinski definition) is 0. The summed E-state index contributed by atoms with van der Waals surface area (Å²) < 4.78 is 30.6. The quantitative estimate of drug-likeness (QED) is 0.357. The van der Waals surface area contributed by atoms with Gasteiger partial charge in [-0.05, 0) is 18.6 Å². The number of rotatable bonds is 5. The lowest BCUT2D eigenvalue weighted by molar-refractivity contribution is -0.0000131. The van der Waals surface area contributed by atoms with Gasteiger partial charge in [0.2, 0.25) is 5.28 Å². The number of nitrogens with zero attached hydrogens (tertiary/aromatic N) is 8. The maximum atomic E-state index is 5.49. The molecule has 0 amide bonds. The van der Waals surface area contributed by atoms with Crippen molar-refractivity contribution >= 4 is 17.5 Å². The van der Waals surface area contributed by atoms with Crippen molar-refractivity contribution in [3.63, 3.8) is 0 Å². The Balaban J connectivity index is 0.000000293.